The molecule has 0 spiro atoms. The molecule has 0 aromatic heterocycles. The largest absolute Gasteiger partial charge is 0.392 e. The third-order valence-corrected chi connectivity index (χ3v) is 8.52. The summed E-state index contributed by atoms with van der Waals surface area (Å²) in [7, 11) is 2.15. The van der Waals surface area contributed by atoms with Gasteiger partial charge in [-0.1, -0.05) is 104 Å². The SMILES string of the molecule is CC(=O)NCc1cccc(-c2ccc(C3OC(CN(C)C(C)c4ccccc4)C(C)C(c4ccc(CO)cc4)O3)cc2)c1. The molecule has 1 aliphatic heterocycles. The van der Waals surface area contributed by atoms with Gasteiger partial charge in [-0.25, -0.2) is 0 Å². The molecule has 43 heavy (non-hydrogen) atoms. The van der Waals surface area contributed by atoms with E-state index in [-0.39, 0.29) is 36.7 Å². The van der Waals surface area contributed by atoms with Crippen molar-refractivity contribution in [2.45, 2.75) is 58.5 Å². The first kappa shape index (κ1) is 30.6. The number of hydrogen-bond acceptors (Lipinski definition) is 5. The minimum Gasteiger partial charge on any atom is -0.392 e. The quantitative estimate of drug-likeness (QED) is 0.213. The number of ether oxygens (including phenoxy) is 2. The Morgan fingerprint density at radius 1 is 0.860 bits per heavy atom. The summed E-state index contributed by atoms with van der Waals surface area (Å²) < 4.78 is 13.4. The van der Waals surface area contributed by atoms with Gasteiger partial charge in [0.15, 0.2) is 6.29 Å². The van der Waals surface area contributed by atoms with Crippen molar-refractivity contribution >= 4 is 5.91 Å². The molecular formula is C37H42N2O4. The van der Waals surface area contributed by atoms with Crippen LogP contribution >= 0.6 is 0 Å². The third-order valence-electron chi connectivity index (χ3n) is 8.52. The molecule has 4 aromatic rings. The molecule has 0 saturated carbocycles. The molecule has 4 aromatic carbocycles. The summed E-state index contributed by atoms with van der Waals surface area (Å²) in [6.45, 7) is 7.22. The van der Waals surface area contributed by atoms with Crippen LogP contribution in [0, 0.1) is 5.92 Å². The number of hydrogen-bond donors (Lipinski definition) is 2. The summed E-state index contributed by atoms with van der Waals surface area (Å²) in [4.78, 5) is 13.7. The van der Waals surface area contributed by atoms with Gasteiger partial charge in [-0.05, 0) is 53.4 Å². The average Bonchev–Trinajstić information content (AvgIpc) is 3.05. The summed E-state index contributed by atoms with van der Waals surface area (Å²) >= 11 is 0. The maximum atomic E-state index is 11.4. The van der Waals surface area contributed by atoms with Gasteiger partial charge in [0.05, 0.1) is 18.8 Å². The van der Waals surface area contributed by atoms with Crippen LogP contribution in [0.15, 0.2) is 103 Å². The minimum absolute atomic E-state index is 0.0143. The van der Waals surface area contributed by atoms with E-state index < -0.39 is 6.29 Å². The average molecular weight is 579 g/mol. The third kappa shape index (κ3) is 7.59. The molecule has 1 amide bonds. The number of aliphatic hydroxyl groups is 1. The highest BCUT2D eigenvalue weighted by Gasteiger charge is 2.39. The molecule has 0 aliphatic carbocycles. The maximum Gasteiger partial charge on any atom is 0.217 e. The Morgan fingerprint density at radius 2 is 1.56 bits per heavy atom. The molecule has 1 fully saturated rings. The molecule has 1 saturated heterocycles. The van der Waals surface area contributed by atoms with Crippen molar-refractivity contribution in [3.05, 3.63) is 131 Å². The van der Waals surface area contributed by atoms with Crippen LogP contribution in [-0.2, 0) is 27.4 Å². The highest BCUT2D eigenvalue weighted by molar-refractivity contribution is 5.73. The van der Waals surface area contributed by atoms with Crippen molar-refractivity contribution in [1.82, 2.24) is 10.2 Å². The summed E-state index contributed by atoms with van der Waals surface area (Å²) in [5.74, 6) is 0.0606. The monoisotopic (exact) mass is 578 g/mol. The van der Waals surface area contributed by atoms with Crippen LogP contribution in [0.4, 0.5) is 0 Å². The zero-order chi connectivity index (χ0) is 30.3. The zero-order valence-corrected chi connectivity index (χ0v) is 25.4. The molecule has 0 bridgehead atoms. The smallest absolute Gasteiger partial charge is 0.217 e. The van der Waals surface area contributed by atoms with Crippen LogP contribution in [0.3, 0.4) is 0 Å². The van der Waals surface area contributed by atoms with Crippen LogP contribution in [0.25, 0.3) is 11.1 Å². The van der Waals surface area contributed by atoms with E-state index >= 15 is 0 Å². The van der Waals surface area contributed by atoms with Crippen molar-refractivity contribution in [1.29, 1.82) is 0 Å². The topological polar surface area (TPSA) is 71.0 Å². The van der Waals surface area contributed by atoms with E-state index in [0.717, 1.165) is 39.9 Å². The van der Waals surface area contributed by atoms with Gasteiger partial charge in [-0.2, -0.15) is 0 Å². The van der Waals surface area contributed by atoms with Gasteiger partial charge in [0.2, 0.25) is 5.91 Å². The summed E-state index contributed by atoms with van der Waals surface area (Å²) in [6.07, 6.45) is -0.756. The number of nitrogens with one attached hydrogen (secondary N) is 1. The molecule has 5 atom stereocenters. The van der Waals surface area contributed by atoms with Gasteiger partial charge in [0.1, 0.15) is 0 Å². The lowest BCUT2D eigenvalue weighted by Crippen LogP contribution is -2.44. The predicted molar refractivity (Wildman–Crippen MR) is 170 cm³/mol. The van der Waals surface area contributed by atoms with E-state index in [0.29, 0.717) is 6.54 Å². The van der Waals surface area contributed by atoms with Crippen molar-refractivity contribution < 1.29 is 19.4 Å². The maximum absolute atomic E-state index is 11.4. The van der Waals surface area contributed by atoms with Crippen molar-refractivity contribution in [2.24, 2.45) is 5.92 Å². The Kier molecular flexibility index (Phi) is 10.1. The first-order valence-corrected chi connectivity index (χ1v) is 15.0. The van der Waals surface area contributed by atoms with E-state index in [1.54, 1.807) is 0 Å². The predicted octanol–water partition coefficient (Wildman–Crippen LogP) is 6.97. The minimum atomic E-state index is -0.524. The second-order valence-electron chi connectivity index (χ2n) is 11.6. The van der Waals surface area contributed by atoms with Crippen LogP contribution in [-0.4, -0.2) is 35.6 Å². The molecule has 2 N–H and O–H groups in total. The summed E-state index contributed by atoms with van der Waals surface area (Å²) in [5.41, 5.74) is 7.42. The lowest BCUT2D eigenvalue weighted by atomic mass is 9.89. The fraction of sp³-hybridized carbons (Fsp3) is 0.324. The van der Waals surface area contributed by atoms with Gasteiger partial charge in [0.25, 0.3) is 0 Å². The van der Waals surface area contributed by atoms with E-state index in [1.165, 1.54) is 12.5 Å². The van der Waals surface area contributed by atoms with Gasteiger partial charge in [-0.3, -0.25) is 9.69 Å². The van der Waals surface area contributed by atoms with E-state index in [1.807, 2.05) is 30.3 Å². The molecule has 224 valence electrons. The van der Waals surface area contributed by atoms with Gasteiger partial charge < -0.3 is 19.9 Å². The molecular weight excluding hydrogens is 536 g/mol. The number of carbonyl (C=O) groups is 1. The Labute approximate surface area is 255 Å². The molecule has 6 heteroatoms. The number of rotatable bonds is 10. The Hall–Kier alpha value is -3.81. The van der Waals surface area contributed by atoms with Crippen LogP contribution in [0.2, 0.25) is 0 Å². The van der Waals surface area contributed by atoms with Crippen LogP contribution in [0.5, 0.6) is 0 Å². The second-order valence-corrected chi connectivity index (χ2v) is 11.6. The highest BCUT2D eigenvalue weighted by atomic mass is 16.7. The van der Waals surface area contributed by atoms with E-state index in [2.05, 4.69) is 104 Å². The Morgan fingerprint density at radius 3 is 2.23 bits per heavy atom. The van der Waals surface area contributed by atoms with E-state index in [4.69, 9.17) is 9.47 Å². The fourth-order valence-electron chi connectivity index (χ4n) is 5.68. The summed E-state index contributed by atoms with van der Waals surface area (Å²) in [6, 6.07) is 35.4. The number of amides is 1. The van der Waals surface area contributed by atoms with Crippen LogP contribution in [0.1, 0.15) is 67.0 Å². The number of benzene rings is 4. The standard InChI is InChI=1S/C37H42N2O4/c1-25-35(23-39(4)26(2)30-10-6-5-7-11-30)42-37(43-36(25)32-15-13-28(24-40)14-16-32)33-19-17-31(18-20-33)34-12-8-9-29(21-34)22-38-27(3)41/h5-21,25-26,35-37,40H,22-24H2,1-4H3,(H,38,41). The molecule has 6 nitrogen and oxygen atoms in total. The Bertz CT molecular complexity index is 1470. The first-order chi connectivity index (χ1) is 20.8. The molecule has 0 radical (unpaired) electrons. The highest BCUT2D eigenvalue weighted by Crippen LogP contribution is 2.42. The van der Waals surface area contributed by atoms with Gasteiger partial charge >= 0.3 is 0 Å². The lowest BCUT2D eigenvalue weighted by molar-refractivity contribution is -0.276. The molecule has 5 unspecified atom stereocenters. The fourth-order valence-corrected chi connectivity index (χ4v) is 5.68. The summed E-state index contributed by atoms with van der Waals surface area (Å²) in [5, 5.41) is 12.4. The molecule has 5 rings (SSSR count). The second kappa shape index (κ2) is 14.1. The van der Waals surface area contributed by atoms with Gasteiger partial charge in [0, 0.05) is 37.5 Å². The first-order valence-electron chi connectivity index (χ1n) is 15.0. The van der Waals surface area contributed by atoms with Gasteiger partial charge in [-0.15, -0.1) is 0 Å². The molecule has 1 heterocycles. The number of likely N-dealkylation sites (N-methyl/N-ethyl adjacent to an activating group) is 1. The zero-order valence-electron chi connectivity index (χ0n) is 25.4. The number of aliphatic hydroxyl groups excluding tert-OH is 1. The van der Waals surface area contributed by atoms with E-state index in [9.17, 15) is 9.90 Å². The molecule has 1 aliphatic rings. The number of nitrogens with zero attached hydrogens (tertiary/aromatic N) is 1. The Balaban J connectivity index is 1.38. The van der Waals surface area contributed by atoms with Crippen LogP contribution < -0.4 is 5.32 Å². The lowest BCUT2D eigenvalue weighted by Gasteiger charge is -2.43. The van der Waals surface area contributed by atoms with Crippen molar-refractivity contribution in [3.63, 3.8) is 0 Å². The van der Waals surface area contributed by atoms with Crippen molar-refractivity contribution in [2.75, 3.05) is 13.6 Å². The van der Waals surface area contributed by atoms with Crippen molar-refractivity contribution in [3.8, 4) is 11.1 Å². The normalized spacial score (nSPS) is 21.0. The number of carbonyl (C=O) groups excluding carboxylic acids is 1.